The normalized spacial score (nSPS) is 12.6. The molecule has 0 aliphatic heterocycles. The van der Waals surface area contributed by atoms with Crippen LogP contribution < -0.4 is 0 Å². The van der Waals surface area contributed by atoms with Crippen molar-refractivity contribution in [1.82, 2.24) is 0 Å². The molecule has 3 rings (SSSR count). The van der Waals surface area contributed by atoms with Crippen molar-refractivity contribution < 1.29 is 4.42 Å². The first-order chi connectivity index (χ1) is 13.7. The van der Waals surface area contributed by atoms with Crippen LogP contribution in [0, 0.1) is 0 Å². The van der Waals surface area contributed by atoms with Gasteiger partial charge in [0.15, 0.2) is 0 Å². The first kappa shape index (κ1) is 22.5. The molecule has 0 saturated heterocycles. The summed E-state index contributed by atoms with van der Waals surface area (Å²) in [6.07, 6.45) is 0. The predicted octanol–water partition coefficient (Wildman–Crippen LogP) is 9.48. The minimum atomic E-state index is 0.346. The Labute approximate surface area is 197 Å². The quantitative estimate of drug-likeness (QED) is 0.323. The van der Waals surface area contributed by atoms with E-state index in [1.165, 1.54) is 0 Å². The molecule has 0 radical (unpaired) electrons. The van der Waals surface area contributed by atoms with Gasteiger partial charge in [-0.05, 0) is 50.2 Å². The second-order valence-corrected chi connectivity index (χ2v) is 8.50. The van der Waals surface area contributed by atoms with Crippen LogP contribution in [0.25, 0.3) is 0 Å². The van der Waals surface area contributed by atoms with Crippen molar-refractivity contribution in [2.45, 2.75) is 13.8 Å². The Kier molecular flexibility index (Phi) is 7.21. The maximum absolute atomic E-state index is 6.19. The number of benzene rings is 2. The van der Waals surface area contributed by atoms with E-state index >= 15 is 0 Å². The molecule has 3 aromatic rings. The highest BCUT2D eigenvalue weighted by Gasteiger charge is 2.13. The molecule has 0 amide bonds. The van der Waals surface area contributed by atoms with Crippen LogP contribution in [0.3, 0.4) is 0 Å². The largest absolute Gasteiger partial charge is 0.454 e. The number of nitrogens with zero attached hydrogens (tertiary/aromatic N) is 2. The lowest BCUT2D eigenvalue weighted by atomic mass is 10.2. The van der Waals surface area contributed by atoms with Crippen molar-refractivity contribution in [2.24, 2.45) is 9.98 Å². The van der Waals surface area contributed by atoms with Gasteiger partial charge in [0.25, 0.3) is 0 Å². The maximum Gasteiger partial charge on any atom is 0.148 e. The molecule has 1 heterocycles. The Morgan fingerprint density at radius 1 is 0.621 bits per heavy atom. The molecule has 0 aliphatic rings. The molecule has 3 nitrogen and oxygen atoms in total. The first-order valence-electron chi connectivity index (χ1n) is 8.16. The van der Waals surface area contributed by atoms with Gasteiger partial charge in [0.05, 0.1) is 31.5 Å². The Hall–Kier alpha value is -1.20. The lowest BCUT2D eigenvalue weighted by molar-refractivity contribution is 0.548. The third kappa shape index (κ3) is 5.29. The molecule has 0 unspecified atom stereocenters. The summed E-state index contributed by atoms with van der Waals surface area (Å²) in [5, 5.41) is 2.25. The van der Waals surface area contributed by atoms with Crippen LogP contribution in [-0.2, 0) is 0 Å². The van der Waals surface area contributed by atoms with Gasteiger partial charge >= 0.3 is 0 Å². The maximum atomic E-state index is 6.19. The smallest absolute Gasteiger partial charge is 0.148 e. The summed E-state index contributed by atoms with van der Waals surface area (Å²) < 4.78 is 5.87. The highest BCUT2D eigenvalue weighted by Crippen LogP contribution is 2.37. The molecule has 0 N–H and O–H groups in total. The standard InChI is InChI=1S/C20H12Cl6N2O/c1-9(27-19-13(23)5-11(21)6-14(19)24)17-3-4-18(29-17)10(2)28-20-15(25)7-12(22)8-16(20)26/h3-8H,1-2H3. The van der Waals surface area contributed by atoms with Crippen LogP contribution in [0.15, 0.2) is 50.8 Å². The zero-order valence-corrected chi connectivity index (χ0v) is 19.6. The van der Waals surface area contributed by atoms with Crippen LogP contribution in [0.4, 0.5) is 11.4 Å². The Balaban J connectivity index is 1.93. The molecule has 0 aliphatic carbocycles. The van der Waals surface area contributed by atoms with Crippen molar-refractivity contribution in [3.05, 3.63) is 78.1 Å². The lowest BCUT2D eigenvalue weighted by Crippen LogP contribution is -1.94. The summed E-state index contributed by atoms with van der Waals surface area (Å²) in [5.74, 6) is 1.06. The third-order valence-electron chi connectivity index (χ3n) is 3.84. The Bertz CT molecular complexity index is 1020. The third-order valence-corrected chi connectivity index (χ3v) is 5.43. The minimum absolute atomic E-state index is 0.346. The van der Waals surface area contributed by atoms with Gasteiger partial charge in [0.1, 0.15) is 22.9 Å². The molecule has 1 aromatic heterocycles. The van der Waals surface area contributed by atoms with Gasteiger partial charge < -0.3 is 4.42 Å². The Morgan fingerprint density at radius 2 is 0.931 bits per heavy atom. The molecule has 0 spiro atoms. The highest BCUT2D eigenvalue weighted by atomic mass is 35.5. The summed E-state index contributed by atoms with van der Waals surface area (Å²) in [5.41, 5.74) is 1.99. The number of aliphatic imine (C=N–C) groups is 2. The predicted molar refractivity (Wildman–Crippen MR) is 125 cm³/mol. The van der Waals surface area contributed by atoms with Gasteiger partial charge in [-0.3, -0.25) is 0 Å². The van der Waals surface area contributed by atoms with Gasteiger partial charge in [-0.15, -0.1) is 0 Å². The molecule has 2 aromatic carbocycles. The van der Waals surface area contributed by atoms with E-state index in [0.29, 0.717) is 64.5 Å². The number of hydrogen-bond donors (Lipinski definition) is 0. The summed E-state index contributed by atoms with van der Waals surface area (Å²) in [6.45, 7) is 3.56. The summed E-state index contributed by atoms with van der Waals surface area (Å²) in [4.78, 5) is 8.94. The van der Waals surface area contributed by atoms with E-state index in [0.717, 1.165) is 0 Å². The number of halogens is 6. The lowest BCUT2D eigenvalue weighted by Gasteiger charge is -2.05. The van der Waals surface area contributed by atoms with Crippen LogP contribution in [0.5, 0.6) is 0 Å². The van der Waals surface area contributed by atoms with Gasteiger partial charge in [0, 0.05) is 10.0 Å². The van der Waals surface area contributed by atoms with E-state index in [2.05, 4.69) is 9.98 Å². The zero-order chi connectivity index (χ0) is 21.3. The first-order valence-corrected chi connectivity index (χ1v) is 10.4. The van der Waals surface area contributed by atoms with Crippen LogP contribution in [-0.4, -0.2) is 11.4 Å². The number of furan rings is 1. The van der Waals surface area contributed by atoms with Gasteiger partial charge in [-0.25, -0.2) is 9.98 Å². The average Bonchev–Trinajstić information content (AvgIpc) is 3.11. The van der Waals surface area contributed by atoms with E-state index in [9.17, 15) is 0 Å². The summed E-state index contributed by atoms with van der Waals surface area (Å²) in [6, 6.07) is 9.85. The molecular formula is C20H12Cl6N2O. The fourth-order valence-electron chi connectivity index (χ4n) is 2.46. The van der Waals surface area contributed by atoms with Gasteiger partial charge in [-0.2, -0.15) is 0 Å². The molecule has 0 saturated carbocycles. The second kappa shape index (κ2) is 9.30. The van der Waals surface area contributed by atoms with Gasteiger partial charge in [-0.1, -0.05) is 69.6 Å². The summed E-state index contributed by atoms with van der Waals surface area (Å²) in [7, 11) is 0. The van der Waals surface area contributed by atoms with Crippen molar-refractivity contribution in [1.29, 1.82) is 0 Å². The fraction of sp³-hybridized carbons (Fsp3) is 0.100. The van der Waals surface area contributed by atoms with Crippen LogP contribution in [0.1, 0.15) is 25.4 Å². The second-order valence-electron chi connectivity index (χ2n) is 5.99. The Morgan fingerprint density at radius 3 is 1.24 bits per heavy atom. The SMILES string of the molecule is CC(=Nc1c(Cl)cc(Cl)cc1Cl)c1ccc(C(C)=Nc2c(Cl)cc(Cl)cc2Cl)o1. The average molecular weight is 509 g/mol. The topological polar surface area (TPSA) is 37.9 Å². The van der Waals surface area contributed by atoms with Gasteiger partial charge in [0.2, 0.25) is 0 Å². The van der Waals surface area contributed by atoms with Crippen LogP contribution >= 0.6 is 69.6 Å². The molecule has 150 valence electrons. The van der Waals surface area contributed by atoms with E-state index in [-0.39, 0.29) is 0 Å². The van der Waals surface area contributed by atoms with E-state index in [1.807, 2.05) is 0 Å². The van der Waals surface area contributed by atoms with E-state index < -0.39 is 0 Å². The molecule has 9 heteroatoms. The molecule has 0 bridgehead atoms. The molecule has 0 atom stereocenters. The highest BCUT2D eigenvalue weighted by molar-refractivity contribution is 6.42. The zero-order valence-electron chi connectivity index (χ0n) is 15.0. The van der Waals surface area contributed by atoms with Crippen LogP contribution in [0.2, 0.25) is 30.1 Å². The minimum Gasteiger partial charge on any atom is -0.454 e. The van der Waals surface area contributed by atoms with Crippen molar-refractivity contribution in [2.75, 3.05) is 0 Å². The molecule has 0 fully saturated rings. The molecule has 29 heavy (non-hydrogen) atoms. The monoisotopic (exact) mass is 506 g/mol. The van der Waals surface area contributed by atoms with Crippen molar-refractivity contribution >= 4 is 92.4 Å². The fourth-order valence-corrected chi connectivity index (χ4v) is 4.26. The van der Waals surface area contributed by atoms with Crippen molar-refractivity contribution in [3.63, 3.8) is 0 Å². The van der Waals surface area contributed by atoms with E-state index in [4.69, 9.17) is 74.0 Å². The van der Waals surface area contributed by atoms with Crippen molar-refractivity contribution in [3.8, 4) is 0 Å². The number of hydrogen-bond acceptors (Lipinski definition) is 3. The molecular weight excluding hydrogens is 497 g/mol. The number of rotatable bonds is 4. The summed E-state index contributed by atoms with van der Waals surface area (Å²) >= 11 is 36.6. The van der Waals surface area contributed by atoms with E-state index in [1.54, 1.807) is 50.2 Å².